The van der Waals surface area contributed by atoms with Gasteiger partial charge in [-0.05, 0) is 47.5 Å². The minimum Gasteiger partial charge on any atom is -0.469 e. The number of amides is 1. The molecule has 33 heavy (non-hydrogen) atoms. The lowest BCUT2D eigenvalue weighted by atomic mass is 10.1. The lowest BCUT2D eigenvalue weighted by molar-refractivity contribution is -0.139. The molecule has 0 fully saturated rings. The summed E-state index contributed by atoms with van der Waals surface area (Å²) in [6, 6.07) is 17.1. The molecule has 0 unspecified atom stereocenters. The molecule has 1 heterocycles. The molecule has 0 atom stereocenters. The van der Waals surface area contributed by atoms with Crippen LogP contribution in [0.2, 0.25) is 0 Å². The number of carbonyl (C=O) groups excluding carboxylic acids is 2. The smallest absolute Gasteiger partial charge is 0.309 e. The zero-order valence-electron chi connectivity index (χ0n) is 17.7. The van der Waals surface area contributed by atoms with Crippen molar-refractivity contribution in [3.8, 4) is 0 Å². The fourth-order valence-corrected chi connectivity index (χ4v) is 3.49. The molecule has 9 heteroatoms. The number of carbonyl (C=O) groups is 2. The molecule has 7 nitrogen and oxygen atoms in total. The first kappa shape index (κ1) is 22.1. The van der Waals surface area contributed by atoms with E-state index in [1.54, 1.807) is 36.4 Å². The van der Waals surface area contributed by atoms with Crippen LogP contribution in [0.5, 0.6) is 0 Å². The van der Waals surface area contributed by atoms with Crippen LogP contribution in [-0.2, 0) is 33.8 Å². The molecule has 0 aliphatic heterocycles. The van der Waals surface area contributed by atoms with Crippen LogP contribution in [-0.4, -0.2) is 34.0 Å². The van der Waals surface area contributed by atoms with E-state index >= 15 is 0 Å². The number of rotatable bonds is 7. The van der Waals surface area contributed by atoms with Crippen molar-refractivity contribution in [1.82, 2.24) is 15.0 Å². The fourth-order valence-electron chi connectivity index (χ4n) is 3.49. The van der Waals surface area contributed by atoms with Crippen LogP contribution < -0.4 is 4.90 Å². The summed E-state index contributed by atoms with van der Waals surface area (Å²) in [5.41, 5.74) is 2.84. The second-order valence-corrected chi connectivity index (χ2v) is 7.41. The summed E-state index contributed by atoms with van der Waals surface area (Å²) in [4.78, 5) is 26.2. The van der Waals surface area contributed by atoms with Crippen molar-refractivity contribution in [1.29, 1.82) is 0 Å². The Morgan fingerprint density at radius 1 is 0.970 bits per heavy atom. The van der Waals surface area contributed by atoms with Gasteiger partial charge in [-0.1, -0.05) is 29.5 Å². The Balaban J connectivity index is 1.64. The molecule has 3 aromatic carbocycles. The molecule has 0 aliphatic carbocycles. The zero-order valence-corrected chi connectivity index (χ0v) is 17.7. The van der Waals surface area contributed by atoms with Crippen LogP contribution in [0.15, 0.2) is 66.7 Å². The largest absolute Gasteiger partial charge is 0.469 e. The third kappa shape index (κ3) is 5.20. The third-order valence-corrected chi connectivity index (χ3v) is 5.09. The molecular weight excluding hydrogens is 430 g/mol. The Morgan fingerprint density at radius 3 is 2.36 bits per heavy atom. The standard InChI is InChI=1S/C24H20F2N4O3/c1-33-24(32)12-16-6-8-20(9-7-16)29(14-17-10-18(25)13-19(26)11-17)23(31)15-30-22-5-3-2-4-21(22)27-28-30/h2-11,13H,12,14-15H2,1H3. The molecule has 168 valence electrons. The number of para-hydroxylation sites is 1. The highest BCUT2D eigenvalue weighted by atomic mass is 19.1. The summed E-state index contributed by atoms with van der Waals surface area (Å²) >= 11 is 0. The first-order valence-corrected chi connectivity index (χ1v) is 10.1. The predicted molar refractivity (Wildman–Crippen MR) is 117 cm³/mol. The molecule has 4 rings (SSSR count). The van der Waals surface area contributed by atoms with Crippen molar-refractivity contribution in [3.63, 3.8) is 0 Å². The zero-order chi connectivity index (χ0) is 23.4. The number of methoxy groups -OCH3 is 1. The Kier molecular flexibility index (Phi) is 6.39. The average Bonchev–Trinajstić information content (AvgIpc) is 3.20. The second kappa shape index (κ2) is 9.56. The highest BCUT2D eigenvalue weighted by Gasteiger charge is 2.20. The van der Waals surface area contributed by atoms with Crippen LogP contribution in [0.3, 0.4) is 0 Å². The van der Waals surface area contributed by atoms with Crippen LogP contribution in [0.1, 0.15) is 11.1 Å². The SMILES string of the molecule is COC(=O)Cc1ccc(N(Cc2cc(F)cc(F)c2)C(=O)Cn2nnc3ccccc32)cc1. The Labute approximate surface area is 188 Å². The molecule has 0 radical (unpaired) electrons. The minimum absolute atomic E-state index is 0.0590. The average molecular weight is 450 g/mol. The summed E-state index contributed by atoms with van der Waals surface area (Å²) in [5, 5.41) is 8.11. The molecular formula is C24H20F2N4O3. The van der Waals surface area contributed by atoms with Gasteiger partial charge in [-0.15, -0.1) is 5.10 Å². The minimum atomic E-state index is -0.729. The van der Waals surface area contributed by atoms with E-state index in [1.807, 2.05) is 12.1 Å². The third-order valence-electron chi connectivity index (χ3n) is 5.09. The van der Waals surface area contributed by atoms with Crippen LogP contribution >= 0.6 is 0 Å². The first-order valence-electron chi connectivity index (χ1n) is 10.1. The monoisotopic (exact) mass is 450 g/mol. The number of hydrogen-bond donors (Lipinski definition) is 0. The molecule has 0 saturated carbocycles. The Hall–Kier alpha value is -4.14. The summed E-state index contributed by atoms with van der Waals surface area (Å²) in [6.45, 7) is -0.182. The summed E-state index contributed by atoms with van der Waals surface area (Å²) in [5.74, 6) is -2.19. The molecule has 4 aromatic rings. The maximum atomic E-state index is 13.8. The summed E-state index contributed by atoms with van der Waals surface area (Å²) in [7, 11) is 1.31. The number of anilines is 1. The van der Waals surface area contributed by atoms with E-state index in [4.69, 9.17) is 0 Å². The van der Waals surface area contributed by atoms with Crippen molar-refractivity contribution in [2.24, 2.45) is 0 Å². The molecule has 0 aliphatic rings. The van der Waals surface area contributed by atoms with Crippen molar-refractivity contribution in [3.05, 3.63) is 89.5 Å². The fraction of sp³-hybridized carbons (Fsp3) is 0.167. The lowest BCUT2D eigenvalue weighted by Crippen LogP contribution is -2.33. The van der Waals surface area contributed by atoms with E-state index in [2.05, 4.69) is 15.0 Å². The Bertz CT molecular complexity index is 1280. The van der Waals surface area contributed by atoms with Crippen LogP contribution in [0, 0.1) is 11.6 Å². The number of fused-ring (bicyclic) bond motifs is 1. The summed E-state index contributed by atoms with van der Waals surface area (Å²) in [6.07, 6.45) is 0.0881. The number of nitrogens with zero attached hydrogens (tertiary/aromatic N) is 4. The normalized spacial score (nSPS) is 10.9. The number of benzene rings is 3. The van der Waals surface area contributed by atoms with Gasteiger partial charge in [-0.2, -0.15) is 0 Å². The van der Waals surface area contributed by atoms with Gasteiger partial charge in [0, 0.05) is 11.8 Å². The van der Waals surface area contributed by atoms with Gasteiger partial charge in [0.1, 0.15) is 23.7 Å². The maximum Gasteiger partial charge on any atom is 0.309 e. The van der Waals surface area contributed by atoms with Gasteiger partial charge in [-0.25, -0.2) is 13.5 Å². The van der Waals surface area contributed by atoms with Crippen molar-refractivity contribution < 1.29 is 23.1 Å². The highest BCUT2D eigenvalue weighted by molar-refractivity contribution is 5.94. The molecule has 0 N–H and O–H groups in total. The number of esters is 1. The summed E-state index contributed by atoms with van der Waals surface area (Å²) < 4.78 is 33.7. The van der Waals surface area contributed by atoms with E-state index in [0.29, 0.717) is 27.8 Å². The van der Waals surface area contributed by atoms with E-state index in [1.165, 1.54) is 28.8 Å². The first-order chi connectivity index (χ1) is 15.9. The van der Waals surface area contributed by atoms with Crippen molar-refractivity contribution in [2.75, 3.05) is 12.0 Å². The van der Waals surface area contributed by atoms with Gasteiger partial charge in [0.05, 0.1) is 25.6 Å². The van der Waals surface area contributed by atoms with E-state index < -0.39 is 11.6 Å². The Morgan fingerprint density at radius 2 is 1.67 bits per heavy atom. The van der Waals surface area contributed by atoms with Crippen molar-refractivity contribution in [2.45, 2.75) is 19.5 Å². The van der Waals surface area contributed by atoms with Crippen LogP contribution in [0.25, 0.3) is 11.0 Å². The van der Waals surface area contributed by atoms with Gasteiger partial charge in [0.15, 0.2) is 0 Å². The van der Waals surface area contributed by atoms with Crippen molar-refractivity contribution >= 4 is 28.6 Å². The van der Waals surface area contributed by atoms with E-state index in [-0.39, 0.29) is 31.4 Å². The molecule has 1 aromatic heterocycles. The topological polar surface area (TPSA) is 77.3 Å². The molecule has 1 amide bonds. The number of ether oxygens (including phenoxy) is 1. The van der Waals surface area contributed by atoms with Crippen LogP contribution in [0.4, 0.5) is 14.5 Å². The number of halogens is 2. The highest BCUT2D eigenvalue weighted by Crippen LogP contribution is 2.21. The maximum absolute atomic E-state index is 13.8. The molecule has 0 bridgehead atoms. The van der Waals surface area contributed by atoms with Gasteiger partial charge in [0.25, 0.3) is 0 Å². The predicted octanol–water partition coefficient (Wildman–Crippen LogP) is 3.66. The van der Waals surface area contributed by atoms with E-state index in [0.717, 1.165) is 6.07 Å². The van der Waals surface area contributed by atoms with Gasteiger partial charge >= 0.3 is 5.97 Å². The second-order valence-electron chi connectivity index (χ2n) is 7.41. The molecule has 0 saturated heterocycles. The van der Waals surface area contributed by atoms with E-state index in [9.17, 15) is 18.4 Å². The molecule has 0 spiro atoms. The van der Waals surface area contributed by atoms with Gasteiger partial charge < -0.3 is 9.64 Å². The number of hydrogen-bond acceptors (Lipinski definition) is 5. The van der Waals surface area contributed by atoms with Gasteiger partial charge in [-0.3, -0.25) is 9.59 Å². The number of aromatic nitrogens is 3. The lowest BCUT2D eigenvalue weighted by Gasteiger charge is -2.23. The van der Waals surface area contributed by atoms with Gasteiger partial charge in [0.2, 0.25) is 5.91 Å². The quantitative estimate of drug-likeness (QED) is 0.402.